The van der Waals surface area contributed by atoms with Crippen LogP contribution >= 0.6 is 0 Å². The number of rotatable bonds is 4. The van der Waals surface area contributed by atoms with E-state index in [-0.39, 0.29) is 11.2 Å². The van der Waals surface area contributed by atoms with Gasteiger partial charge >= 0.3 is 0 Å². The average molecular weight is 319 g/mol. The molecule has 0 bridgehead atoms. The first-order valence-corrected chi connectivity index (χ1v) is 8.44. The Morgan fingerprint density at radius 2 is 2.17 bits per heavy atom. The summed E-state index contributed by atoms with van der Waals surface area (Å²) in [5, 5.41) is 6.81. The van der Waals surface area contributed by atoms with Gasteiger partial charge in [-0.25, -0.2) is 9.38 Å². The van der Waals surface area contributed by atoms with E-state index in [1.54, 1.807) is 12.1 Å². The van der Waals surface area contributed by atoms with Crippen LogP contribution < -0.4 is 10.6 Å². The molecule has 1 aromatic carbocycles. The molecule has 0 amide bonds. The van der Waals surface area contributed by atoms with Crippen molar-refractivity contribution in [2.75, 3.05) is 13.2 Å². The quantitative estimate of drug-likeness (QED) is 0.662. The van der Waals surface area contributed by atoms with Crippen molar-refractivity contribution in [3.8, 4) is 0 Å². The van der Waals surface area contributed by atoms with E-state index in [0.29, 0.717) is 30.2 Å². The van der Waals surface area contributed by atoms with Crippen LogP contribution in [-0.2, 0) is 11.3 Å². The van der Waals surface area contributed by atoms with Crippen LogP contribution in [-0.4, -0.2) is 31.3 Å². The molecule has 4 nitrogen and oxygen atoms in total. The van der Waals surface area contributed by atoms with Gasteiger partial charge in [-0.1, -0.05) is 32.0 Å². The molecule has 2 N–H and O–H groups in total. The monoisotopic (exact) mass is 319 g/mol. The third-order valence-electron chi connectivity index (χ3n) is 5.10. The van der Waals surface area contributed by atoms with Crippen LogP contribution in [0.3, 0.4) is 0 Å². The van der Waals surface area contributed by atoms with Crippen molar-refractivity contribution in [1.82, 2.24) is 10.6 Å². The predicted octanol–water partition coefficient (Wildman–Crippen LogP) is 2.69. The van der Waals surface area contributed by atoms with Crippen molar-refractivity contribution in [2.45, 2.75) is 45.9 Å². The van der Waals surface area contributed by atoms with Gasteiger partial charge < -0.3 is 15.4 Å². The molecular formula is C18H26FN3O. The molecule has 3 unspecified atom stereocenters. The van der Waals surface area contributed by atoms with Gasteiger partial charge in [0, 0.05) is 36.1 Å². The Morgan fingerprint density at radius 1 is 1.39 bits per heavy atom. The largest absolute Gasteiger partial charge is 0.377 e. The lowest BCUT2D eigenvalue weighted by Crippen LogP contribution is -2.67. The van der Waals surface area contributed by atoms with Crippen LogP contribution in [0.2, 0.25) is 0 Å². The maximum absolute atomic E-state index is 13.7. The van der Waals surface area contributed by atoms with E-state index >= 15 is 0 Å². The minimum atomic E-state index is -0.208. The molecule has 1 saturated carbocycles. The molecule has 0 radical (unpaired) electrons. The number of guanidine groups is 1. The molecule has 5 heteroatoms. The minimum Gasteiger partial charge on any atom is -0.377 e. The Kier molecular flexibility index (Phi) is 4.57. The smallest absolute Gasteiger partial charge is 0.191 e. The number of nitrogens with one attached hydrogen (secondary N) is 2. The summed E-state index contributed by atoms with van der Waals surface area (Å²) >= 11 is 0. The van der Waals surface area contributed by atoms with E-state index in [0.717, 1.165) is 25.5 Å². The minimum absolute atomic E-state index is 0.0926. The number of halogens is 1. The summed E-state index contributed by atoms with van der Waals surface area (Å²) in [6.07, 6.45) is 1.44. The summed E-state index contributed by atoms with van der Waals surface area (Å²) in [6, 6.07) is 7.12. The fourth-order valence-electron chi connectivity index (χ4n) is 3.88. The van der Waals surface area contributed by atoms with Crippen molar-refractivity contribution < 1.29 is 9.13 Å². The molecule has 0 spiro atoms. The van der Waals surface area contributed by atoms with Gasteiger partial charge in [0.25, 0.3) is 0 Å². The second kappa shape index (κ2) is 6.48. The van der Waals surface area contributed by atoms with Gasteiger partial charge in [0.1, 0.15) is 5.82 Å². The number of hydrogen-bond donors (Lipinski definition) is 2. The molecule has 0 aromatic heterocycles. The maximum Gasteiger partial charge on any atom is 0.191 e. The first-order chi connectivity index (χ1) is 11.0. The zero-order valence-corrected chi connectivity index (χ0v) is 14.1. The number of hydrogen-bond acceptors (Lipinski definition) is 2. The Bertz CT molecular complexity index is 587. The summed E-state index contributed by atoms with van der Waals surface area (Å²) in [6.45, 7) is 8.46. The lowest BCUT2D eigenvalue weighted by molar-refractivity contribution is -0.106. The van der Waals surface area contributed by atoms with Crippen LogP contribution in [0.5, 0.6) is 0 Å². The van der Waals surface area contributed by atoms with Crippen molar-refractivity contribution in [2.24, 2.45) is 16.3 Å². The second-order valence-electron chi connectivity index (χ2n) is 6.97. The summed E-state index contributed by atoms with van der Waals surface area (Å²) in [5.41, 5.74) is 0.703. The Labute approximate surface area is 137 Å². The van der Waals surface area contributed by atoms with Gasteiger partial charge in [0.15, 0.2) is 5.96 Å². The molecule has 1 heterocycles. The van der Waals surface area contributed by atoms with Crippen LogP contribution in [0.4, 0.5) is 4.39 Å². The Hall–Kier alpha value is -1.62. The Morgan fingerprint density at radius 3 is 2.91 bits per heavy atom. The molecule has 2 fully saturated rings. The zero-order valence-electron chi connectivity index (χ0n) is 14.1. The predicted molar refractivity (Wildman–Crippen MR) is 89.8 cm³/mol. The fraction of sp³-hybridized carbons (Fsp3) is 0.611. The molecular weight excluding hydrogens is 293 g/mol. The summed E-state index contributed by atoms with van der Waals surface area (Å²) in [5.74, 6) is 1.09. The Balaban J connectivity index is 1.69. The summed E-state index contributed by atoms with van der Waals surface area (Å²) in [4.78, 5) is 4.56. The van der Waals surface area contributed by atoms with Gasteiger partial charge in [-0.15, -0.1) is 0 Å². The van der Waals surface area contributed by atoms with Crippen LogP contribution in [0.25, 0.3) is 0 Å². The first-order valence-electron chi connectivity index (χ1n) is 8.44. The van der Waals surface area contributed by atoms with E-state index in [2.05, 4.69) is 29.5 Å². The highest BCUT2D eigenvalue weighted by atomic mass is 19.1. The molecule has 3 rings (SSSR count). The van der Waals surface area contributed by atoms with Crippen molar-refractivity contribution >= 4 is 5.96 Å². The molecule has 2 aliphatic rings. The van der Waals surface area contributed by atoms with Crippen LogP contribution in [0, 0.1) is 17.2 Å². The van der Waals surface area contributed by atoms with Crippen molar-refractivity contribution in [1.29, 1.82) is 0 Å². The highest BCUT2D eigenvalue weighted by Gasteiger charge is 2.59. The van der Waals surface area contributed by atoms with Crippen LogP contribution in [0.15, 0.2) is 29.3 Å². The fourth-order valence-corrected chi connectivity index (χ4v) is 3.88. The molecule has 1 saturated heterocycles. The van der Waals surface area contributed by atoms with E-state index < -0.39 is 0 Å². The molecule has 1 aromatic rings. The average Bonchev–Trinajstić information content (AvgIpc) is 2.98. The first kappa shape index (κ1) is 16.2. The summed E-state index contributed by atoms with van der Waals surface area (Å²) in [7, 11) is 0. The van der Waals surface area contributed by atoms with E-state index in [9.17, 15) is 4.39 Å². The van der Waals surface area contributed by atoms with E-state index in [4.69, 9.17) is 4.74 Å². The standard InChI is InChI=1S/C18H26FN3O/c1-4-20-17(21-11-12-7-5-6-8-14(12)19)22-15-13-9-10-23-16(13)18(15,2)3/h5-8,13,15-16H,4,9-11H2,1-3H3,(H2,20,21,22). The van der Waals surface area contributed by atoms with E-state index in [1.165, 1.54) is 6.07 Å². The van der Waals surface area contributed by atoms with Gasteiger partial charge in [-0.2, -0.15) is 0 Å². The van der Waals surface area contributed by atoms with Crippen molar-refractivity contribution in [3.63, 3.8) is 0 Å². The number of aliphatic imine (C=N–C) groups is 1. The van der Waals surface area contributed by atoms with Gasteiger partial charge in [-0.3, -0.25) is 0 Å². The van der Waals surface area contributed by atoms with Crippen LogP contribution in [0.1, 0.15) is 32.8 Å². The third-order valence-corrected chi connectivity index (χ3v) is 5.10. The number of nitrogens with zero attached hydrogens (tertiary/aromatic N) is 1. The van der Waals surface area contributed by atoms with Crippen molar-refractivity contribution in [3.05, 3.63) is 35.6 Å². The molecule has 1 aliphatic heterocycles. The molecule has 23 heavy (non-hydrogen) atoms. The molecule has 126 valence electrons. The number of benzene rings is 1. The third kappa shape index (κ3) is 3.07. The molecule has 1 aliphatic carbocycles. The highest BCUT2D eigenvalue weighted by Crippen LogP contribution is 2.52. The molecule has 3 atom stereocenters. The lowest BCUT2D eigenvalue weighted by Gasteiger charge is -2.54. The topological polar surface area (TPSA) is 45.7 Å². The van der Waals surface area contributed by atoms with Gasteiger partial charge in [0.05, 0.1) is 12.6 Å². The highest BCUT2D eigenvalue weighted by molar-refractivity contribution is 5.80. The number of ether oxygens (including phenoxy) is 1. The lowest BCUT2D eigenvalue weighted by atomic mass is 9.57. The zero-order chi connectivity index (χ0) is 16.4. The van der Waals surface area contributed by atoms with Gasteiger partial charge in [0.2, 0.25) is 0 Å². The maximum atomic E-state index is 13.7. The normalized spacial score (nSPS) is 28.9. The van der Waals surface area contributed by atoms with Gasteiger partial charge in [-0.05, 0) is 19.4 Å². The summed E-state index contributed by atoms with van der Waals surface area (Å²) < 4.78 is 19.6. The SMILES string of the molecule is CCNC(=NCc1ccccc1F)NC1C2CCOC2C1(C)C. The number of fused-ring (bicyclic) bond motifs is 1. The van der Waals surface area contributed by atoms with E-state index in [1.807, 2.05) is 13.0 Å². The second-order valence-corrected chi connectivity index (χ2v) is 6.97.